The highest BCUT2D eigenvalue weighted by Crippen LogP contribution is 2.38. The highest BCUT2D eigenvalue weighted by Gasteiger charge is 2.31. The Hall–Kier alpha value is -2.60. The first-order valence-corrected chi connectivity index (χ1v) is 11.5. The highest BCUT2D eigenvalue weighted by molar-refractivity contribution is 7.99. The molecule has 1 aromatic heterocycles. The Balaban J connectivity index is 1.65. The summed E-state index contributed by atoms with van der Waals surface area (Å²) in [5.41, 5.74) is 1.44. The van der Waals surface area contributed by atoms with Crippen molar-refractivity contribution in [2.75, 3.05) is 11.1 Å². The summed E-state index contributed by atoms with van der Waals surface area (Å²) >= 11 is 1.34. The van der Waals surface area contributed by atoms with Crippen molar-refractivity contribution in [3.8, 4) is 0 Å². The summed E-state index contributed by atoms with van der Waals surface area (Å²) in [4.78, 5) is 30.7. The minimum absolute atomic E-state index is 0.00230. The monoisotopic (exact) mass is 421 g/mol. The molecule has 4 rings (SSSR count). The molecule has 30 heavy (non-hydrogen) atoms. The summed E-state index contributed by atoms with van der Waals surface area (Å²) in [5.74, 6) is 1.04. The van der Waals surface area contributed by atoms with Crippen LogP contribution < -0.4 is 10.9 Å². The van der Waals surface area contributed by atoms with Crippen molar-refractivity contribution in [1.29, 1.82) is 0 Å². The third kappa shape index (κ3) is 4.29. The van der Waals surface area contributed by atoms with Crippen LogP contribution >= 0.6 is 11.8 Å². The van der Waals surface area contributed by atoms with Gasteiger partial charge in [-0.2, -0.15) is 0 Å². The molecule has 3 atom stereocenters. The summed E-state index contributed by atoms with van der Waals surface area (Å²) in [5, 5.41) is 4.18. The first-order valence-electron chi connectivity index (χ1n) is 10.5. The molecule has 0 unspecified atom stereocenters. The summed E-state index contributed by atoms with van der Waals surface area (Å²) in [6.07, 6.45) is 3.26. The Kier molecular flexibility index (Phi) is 6.23. The Labute approximate surface area is 180 Å². The maximum Gasteiger partial charge on any atom is 0.262 e. The number of thioether (sulfide) groups is 1. The number of carbonyl (C=O) groups is 1. The fraction of sp³-hybridized carbons (Fsp3) is 0.375. The fourth-order valence-corrected chi connectivity index (χ4v) is 5.14. The van der Waals surface area contributed by atoms with Gasteiger partial charge in [-0.25, -0.2) is 4.98 Å². The number of amides is 1. The Morgan fingerprint density at radius 3 is 2.63 bits per heavy atom. The van der Waals surface area contributed by atoms with Crippen LogP contribution in [0.1, 0.15) is 39.2 Å². The molecule has 156 valence electrons. The number of hydrogen-bond acceptors (Lipinski definition) is 4. The maximum absolute atomic E-state index is 13.4. The van der Waals surface area contributed by atoms with Gasteiger partial charge in [0.05, 0.1) is 16.7 Å². The first kappa shape index (κ1) is 20.7. The quantitative estimate of drug-likeness (QED) is 0.458. The van der Waals surface area contributed by atoms with E-state index in [1.807, 2.05) is 59.2 Å². The molecule has 0 saturated heterocycles. The Bertz CT molecular complexity index is 1100. The van der Waals surface area contributed by atoms with E-state index < -0.39 is 0 Å². The molecule has 0 radical (unpaired) electrons. The van der Waals surface area contributed by atoms with Crippen molar-refractivity contribution in [3.63, 3.8) is 0 Å². The summed E-state index contributed by atoms with van der Waals surface area (Å²) < 4.78 is 1.86. The lowest BCUT2D eigenvalue weighted by molar-refractivity contribution is -0.113. The Morgan fingerprint density at radius 1 is 1.10 bits per heavy atom. The normalized spacial score (nSPS) is 21.5. The molecule has 5 nitrogen and oxygen atoms in total. The smallest absolute Gasteiger partial charge is 0.262 e. The predicted molar refractivity (Wildman–Crippen MR) is 123 cm³/mol. The van der Waals surface area contributed by atoms with E-state index in [2.05, 4.69) is 19.2 Å². The van der Waals surface area contributed by atoms with E-state index in [1.165, 1.54) is 18.2 Å². The standard InChI is InChI=1S/C24H27N3O2S/c1-16-9-8-14-21(17(16)2)27-23(29)19-12-6-7-13-20(19)26-24(27)30-15-22(28)25-18-10-4-3-5-11-18/h3-7,10-13,16-17,21H,8-9,14-15H2,1-2H3,(H,25,28)/t16-,17+,21+/m0/s1. The third-order valence-corrected chi connectivity index (χ3v) is 7.11. The van der Waals surface area contributed by atoms with Crippen molar-refractivity contribution in [2.45, 2.75) is 44.3 Å². The van der Waals surface area contributed by atoms with Crippen LogP contribution in [0.2, 0.25) is 0 Å². The number of benzene rings is 2. The van der Waals surface area contributed by atoms with Crippen LogP contribution in [0.5, 0.6) is 0 Å². The average Bonchev–Trinajstić information content (AvgIpc) is 2.75. The van der Waals surface area contributed by atoms with Crippen molar-refractivity contribution in [1.82, 2.24) is 9.55 Å². The number of nitrogens with one attached hydrogen (secondary N) is 1. The molecule has 1 N–H and O–H groups in total. The van der Waals surface area contributed by atoms with Crippen LogP contribution in [-0.2, 0) is 4.79 Å². The number of carbonyl (C=O) groups excluding carboxylic acids is 1. The number of fused-ring (bicyclic) bond motifs is 1. The van der Waals surface area contributed by atoms with Gasteiger partial charge in [-0.3, -0.25) is 14.2 Å². The van der Waals surface area contributed by atoms with Crippen molar-refractivity contribution in [3.05, 3.63) is 65.0 Å². The van der Waals surface area contributed by atoms with Crippen LogP contribution in [0.15, 0.2) is 64.5 Å². The SMILES string of the molecule is C[C@H]1[C@H](n2c(SCC(=O)Nc3ccccc3)nc3ccccc3c2=O)CCC[C@@H]1C. The van der Waals surface area contributed by atoms with Gasteiger partial charge >= 0.3 is 0 Å². The molecule has 0 spiro atoms. The molecular formula is C24H27N3O2S. The molecule has 0 bridgehead atoms. The summed E-state index contributed by atoms with van der Waals surface area (Å²) in [6.45, 7) is 4.49. The van der Waals surface area contributed by atoms with Crippen LogP contribution in [0.4, 0.5) is 5.69 Å². The van der Waals surface area contributed by atoms with Crippen LogP contribution in [0.3, 0.4) is 0 Å². The number of nitrogens with zero attached hydrogens (tertiary/aromatic N) is 2. The lowest BCUT2D eigenvalue weighted by Gasteiger charge is -2.36. The summed E-state index contributed by atoms with van der Waals surface area (Å²) in [6, 6.07) is 17.0. The van der Waals surface area contributed by atoms with Crippen LogP contribution in [-0.4, -0.2) is 21.2 Å². The molecule has 6 heteroatoms. The maximum atomic E-state index is 13.4. The zero-order valence-electron chi connectivity index (χ0n) is 17.4. The van der Waals surface area contributed by atoms with Gasteiger partial charge in [0, 0.05) is 11.7 Å². The molecule has 1 fully saturated rings. The van der Waals surface area contributed by atoms with E-state index in [0.717, 1.165) is 18.5 Å². The zero-order chi connectivity index (χ0) is 21.1. The first-order chi connectivity index (χ1) is 14.5. The molecule has 0 aliphatic heterocycles. The van der Waals surface area contributed by atoms with Crippen LogP contribution in [0, 0.1) is 11.8 Å². The van der Waals surface area contributed by atoms with Gasteiger partial charge in [0.15, 0.2) is 5.16 Å². The summed E-state index contributed by atoms with van der Waals surface area (Å²) in [7, 11) is 0. The minimum Gasteiger partial charge on any atom is -0.325 e. The Morgan fingerprint density at radius 2 is 1.83 bits per heavy atom. The molecule has 1 heterocycles. The van der Waals surface area contributed by atoms with Crippen LogP contribution in [0.25, 0.3) is 10.9 Å². The number of para-hydroxylation sites is 2. The van der Waals surface area contributed by atoms with Crippen molar-refractivity contribution in [2.24, 2.45) is 11.8 Å². The van der Waals surface area contributed by atoms with Crippen molar-refractivity contribution >= 4 is 34.3 Å². The third-order valence-electron chi connectivity index (χ3n) is 6.16. The van der Waals surface area contributed by atoms with Gasteiger partial charge in [-0.05, 0) is 42.5 Å². The van der Waals surface area contributed by atoms with Gasteiger partial charge in [0.2, 0.25) is 5.91 Å². The average molecular weight is 422 g/mol. The van der Waals surface area contributed by atoms with Gasteiger partial charge in [-0.15, -0.1) is 0 Å². The molecule has 2 aromatic carbocycles. The second-order valence-corrected chi connectivity index (χ2v) is 9.07. The number of rotatable bonds is 5. The zero-order valence-corrected chi connectivity index (χ0v) is 18.2. The molecule has 1 aliphatic rings. The fourth-order valence-electron chi connectivity index (χ4n) is 4.29. The topological polar surface area (TPSA) is 64.0 Å². The van der Waals surface area contributed by atoms with Crippen molar-refractivity contribution < 1.29 is 4.79 Å². The highest BCUT2D eigenvalue weighted by atomic mass is 32.2. The number of hydrogen-bond donors (Lipinski definition) is 1. The molecule has 3 aromatic rings. The lowest BCUT2D eigenvalue weighted by Crippen LogP contribution is -2.35. The largest absolute Gasteiger partial charge is 0.325 e. The number of anilines is 1. The van der Waals surface area contributed by atoms with Gasteiger partial charge in [-0.1, -0.05) is 68.8 Å². The van der Waals surface area contributed by atoms with E-state index >= 15 is 0 Å². The predicted octanol–water partition coefficient (Wildman–Crippen LogP) is 5.12. The molecule has 1 saturated carbocycles. The van der Waals surface area contributed by atoms with E-state index in [-0.39, 0.29) is 23.3 Å². The second kappa shape index (κ2) is 9.04. The lowest BCUT2D eigenvalue weighted by atomic mass is 9.78. The second-order valence-electron chi connectivity index (χ2n) is 8.12. The van der Waals surface area contributed by atoms with E-state index in [0.29, 0.717) is 27.9 Å². The van der Waals surface area contributed by atoms with E-state index in [4.69, 9.17) is 4.98 Å². The van der Waals surface area contributed by atoms with E-state index in [9.17, 15) is 9.59 Å². The molecule has 1 amide bonds. The minimum atomic E-state index is -0.106. The van der Waals surface area contributed by atoms with Gasteiger partial charge in [0.25, 0.3) is 5.56 Å². The molecular weight excluding hydrogens is 394 g/mol. The van der Waals surface area contributed by atoms with Gasteiger partial charge < -0.3 is 5.32 Å². The van der Waals surface area contributed by atoms with Gasteiger partial charge in [0.1, 0.15) is 0 Å². The molecule has 1 aliphatic carbocycles. The number of aromatic nitrogens is 2. The van der Waals surface area contributed by atoms with E-state index in [1.54, 1.807) is 0 Å².